The first kappa shape index (κ1) is 16.5. The molecule has 0 unspecified atom stereocenters. The molecule has 0 atom stereocenters. The standard InChI is InChI=1S/C18H17N3O4/c1-21-15(9-10-20-21)16-8-7-14(25-16)11-19-17(22)12-3-5-13(6-4-12)18(23)24-2/h3-10H,11H2,1-2H3,(H,19,22). The Morgan fingerprint density at radius 1 is 1.12 bits per heavy atom. The lowest BCUT2D eigenvalue weighted by Crippen LogP contribution is -2.22. The number of ether oxygens (including phenoxy) is 1. The van der Waals surface area contributed by atoms with Crippen molar-refractivity contribution in [3.63, 3.8) is 0 Å². The predicted octanol–water partition coefficient (Wildman–Crippen LogP) is 2.40. The maximum absolute atomic E-state index is 12.2. The summed E-state index contributed by atoms with van der Waals surface area (Å²) in [5.74, 6) is 0.627. The summed E-state index contributed by atoms with van der Waals surface area (Å²) in [6.45, 7) is 0.259. The number of carbonyl (C=O) groups excluding carboxylic acids is 2. The number of hydrogen-bond donors (Lipinski definition) is 1. The van der Waals surface area contributed by atoms with Crippen LogP contribution in [0, 0.1) is 0 Å². The number of amides is 1. The number of hydrogen-bond acceptors (Lipinski definition) is 5. The van der Waals surface area contributed by atoms with E-state index in [1.54, 1.807) is 35.1 Å². The van der Waals surface area contributed by atoms with E-state index in [4.69, 9.17) is 4.42 Å². The monoisotopic (exact) mass is 339 g/mol. The first-order valence-corrected chi connectivity index (χ1v) is 7.62. The van der Waals surface area contributed by atoms with Crippen molar-refractivity contribution in [3.8, 4) is 11.5 Å². The van der Waals surface area contributed by atoms with Crippen LogP contribution in [0.15, 0.2) is 53.1 Å². The van der Waals surface area contributed by atoms with Gasteiger partial charge in [-0.2, -0.15) is 5.10 Å². The fraction of sp³-hybridized carbons (Fsp3) is 0.167. The average Bonchev–Trinajstić information content (AvgIpc) is 3.27. The molecule has 7 heteroatoms. The van der Waals surface area contributed by atoms with Gasteiger partial charge in [0.2, 0.25) is 0 Å². The quantitative estimate of drug-likeness (QED) is 0.721. The number of esters is 1. The van der Waals surface area contributed by atoms with E-state index in [9.17, 15) is 9.59 Å². The van der Waals surface area contributed by atoms with E-state index in [0.29, 0.717) is 22.6 Å². The summed E-state index contributed by atoms with van der Waals surface area (Å²) in [5, 5.41) is 6.88. The zero-order valence-electron chi connectivity index (χ0n) is 13.9. The number of methoxy groups -OCH3 is 1. The van der Waals surface area contributed by atoms with Crippen molar-refractivity contribution in [1.29, 1.82) is 0 Å². The second-order valence-electron chi connectivity index (χ2n) is 5.36. The van der Waals surface area contributed by atoms with E-state index in [2.05, 4.69) is 15.2 Å². The van der Waals surface area contributed by atoms with E-state index in [-0.39, 0.29) is 12.5 Å². The van der Waals surface area contributed by atoms with Crippen molar-refractivity contribution in [1.82, 2.24) is 15.1 Å². The molecular weight excluding hydrogens is 322 g/mol. The molecule has 25 heavy (non-hydrogen) atoms. The van der Waals surface area contributed by atoms with E-state index < -0.39 is 5.97 Å². The molecule has 0 fully saturated rings. The molecule has 0 radical (unpaired) electrons. The zero-order valence-corrected chi connectivity index (χ0v) is 13.9. The van der Waals surface area contributed by atoms with Crippen LogP contribution in [-0.2, 0) is 18.3 Å². The van der Waals surface area contributed by atoms with Crippen molar-refractivity contribution in [2.45, 2.75) is 6.54 Å². The van der Waals surface area contributed by atoms with Gasteiger partial charge >= 0.3 is 5.97 Å². The topological polar surface area (TPSA) is 86.4 Å². The molecule has 3 aromatic rings. The Hall–Kier alpha value is -3.35. The highest BCUT2D eigenvalue weighted by Crippen LogP contribution is 2.21. The average molecular weight is 339 g/mol. The Balaban J connectivity index is 1.62. The third kappa shape index (κ3) is 3.60. The van der Waals surface area contributed by atoms with Crippen molar-refractivity contribution < 1.29 is 18.7 Å². The molecule has 0 saturated heterocycles. The van der Waals surface area contributed by atoms with E-state index in [1.807, 2.05) is 25.2 Å². The molecule has 1 N–H and O–H groups in total. The third-order valence-electron chi connectivity index (χ3n) is 3.73. The highest BCUT2D eigenvalue weighted by Gasteiger charge is 2.11. The molecule has 0 aliphatic heterocycles. The van der Waals surface area contributed by atoms with Gasteiger partial charge in [-0.1, -0.05) is 0 Å². The van der Waals surface area contributed by atoms with Crippen LogP contribution in [0.4, 0.5) is 0 Å². The summed E-state index contributed by atoms with van der Waals surface area (Å²) in [6, 6.07) is 11.7. The largest absolute Gasteiger partial charge is 0.465 e. The molecule has 7 nitrogen and oxygen atoms in total. The fourth-order valence-electron chi connectivity index (χ4n) is 2.37. The van der Waals surface area contributed by atoms with Gasteiger partial charge in [-0.3, -0.25) is 9.48 Å². The minimum Gasteiger partial charge on any atom is -0.465 e. The molecule has 2 heterocycles. The van der Waals surface area contributed by atoms with Gasteiger partial charge in [0.1, 0.15) is 11.5 Å². The molecule has 0 aliphatic carbocycles. The van der Waals surface area contributed by atoms with E-state index in [1.165, 1.54) is 7.11 Å². The number of carbonyl (C=O) groups is 2. The summed E-state index contributed by atoms with van der Waals surface area (Å²) in [7, 11) is 3.14. The lowest BCUT2D eigenvalue weighted by Gasteiger charge is -2.04. The Morgan fingerprint density at radius 3 is 2.48 bits per heavy atom. The minimum atomic E-state index is -0.440. The van der Waals surface area contributed by atoms with Crippen LogP contribution in [0.5, 0.6) is 0 Å². The van der Waals surface area contributed by atoms with Crippen LogP contribution in [0.25, 0.3) is 11.5 Å². The third-order valence-corrected chi connectivity index (χ3v) is 3.73. The number of aryl methyl sites for hydroxylation is 1. The molecule has 2 aromatic heterocycles. The first-order valence-electron chi connectivity index (χ1n) is 7.62. The number of rotatable bonds is 5. The van der Waals surface area contributed by atoms with Crippen LogP contribution in [0.1, 0.15) is 26.5 Å². The van der Waals surface area contributed by atoms with Crippen LogP contribution < -0.4 is 5.32 Å². The number of benzene rings is 1. The molecular formula is C18H17N3O4. The number of furan rings is 1. The molecule has 1 amide bonds. The molecule has 1 aromatic carbocycles. The van der Waals surface area contributed by atoms with Gasteiger partial charge in [0, 0.05) is 18.8 Å². The van der Waals surface area contributed by atoms with Crippen molar-refractivity contribution >= 4 is 11.9 Å². The van der Waals surface area contributed by atoms with Gasteiger partial charge < -0.3 is 14.5 Å². The van der Waals surface area contributed by atoms with Crippen LogP contribution in [0.3, 0.4) is 0 Å². The van der Waals surface area contributed by atoms with Crippen LogP contribution in [-0.4, -0.2) is 28.8 Å². The van der Waals surface area contributed by atoms with Crippen molar-refractivity contribution in [2.75, 3.05) is 7.11 Å². The molecule has 0 aliphatic rings. The van der Waals surface area contributed by atoms with Gasteiger partial charge in [-0.15, -0.1) is 0 Å². The Kier molecular flexibility index (Phi) is 4.65. The summed E-state index contributed by atoms with van der Waals surface area (Å²) in [5.41, 5.74) is 1.70. The van der Waals surface area contributed by atoms with E-state index in [0.717, 1.165) is 5.69 Å². The molecule has 3 rings (SSSR count). The SMILES string of the molecule is COC(=O)c1ccc(C(=O)NCc2ccc(-c3ccnn3C)o2)cc1. The minimum absolute atomic E-state index is 0.255. The summed E-state index contributed by atoms with van der Waals surface area (Å²) in [6.07, 6.45) is 1.69. The zero-order chi connectivity index (χ0) is 17.8. The summed E-state index contributed by atoms with van der Waals surface area (Å²) in [4.78, 5) is 23.6. The van der Waals surface area contributed by atoms with Gasteiger partial charge in [-0.25, -0.2) is 4.79 Å². The second-order valence-corrected chi connectivity index (χ2v) is 5.36. The van der Waals surface area contributed by atoms with Crippen LogP contribution >= 0.6 is 0 Å². The fourth-order valence-corrected chi connectivity index (χ4v) is 2.37. The highest BCUT2D eigenvalue weighted by atomic mass is 16.5. The maximum atomic E-state index is 12.2. The smallest absolute Gasteiger partial charge is 0.337 e. The Bertz CT molecular complexity index is 893. The molecule has 0 spiro atoms. The van der Waals surface area contributed by atoms with Crippen molar-refractivity contribution in [3.05, 3.63) is 65.5 Å². The highest BCUT2D eigenvalue weighted by molar-refractivity contribution is 5.96. The normalized spacial score (nSPS) is 10.5. The first-order chi connectivity index (χ1) is 12.1. The molecule has 0 bridgehead atoms. The van der Waals surface area contributed by atoms with Gasteiger partial charge in [0.15, 0.2) is 5.76 Å². The molecule has 0 saturated carbocycles. The number of aromatic nitrogens is 2. The second kappa shape index (κ2) is 7.04. The summed E-state index contributed by atoms with van der Waals surface area (Å²) >= 11 is 0. The number of nitrogens with one attached hydrogen (secondary N) is 1. The van der Waals surface area contributed by atoms with Crippen LogP contribution in [0.2, 0.25) is 0 Å². The summed E-state index contributed by atoms with van der Waals surface area (Å²) < 4.78 is 12.1. The lowest BCUT2D eigenvalue weighted by molar-refractivity contribution is 0.0600. The Labute approximate surface area is 144 Å². The van der Waals surface area contributed by atoms with Gasteiger partial charge in [-0.05, 0) is 42.5 Å². The van der Waals surface area contributed by atoms with Gasteiger partial charge in [0.25, 0.3) is 5.91 Å². The predicted molar refractivity (Wildman–Crippen MR) is 89.9 cm³/mol. The Morgan fingerprint density at radius 2 is 1.84 bits per heavy atom. The van der Waals surface area contributed by atoms with Crippen molar-refractivity contribution in [2.24, 2.45) is 7.05 Å². The number of nitrogens with zero attached hydrogens (tertiary/aromatic N) is 2. The van der Waals surface area contributed by atoms with Gasteiger partial charge in [0.05, 0.1) is 19.2 Å². The van der Waals surface area contributed by atoms with E-state index >= 15 is 0 Å². The molecule has 128 valence electrons. The maximum Gasteiger partial charge on any atom is 0.337 e. The lowest BCUT2D eigenvalue weighted by atomic mass is 10.1.